The van der Waals surface area contributed by atoms with Crippen molar-refractivity contribution in [1.29, 1.82) is 0 Å². The zero-order valence-corrected chi connectivity index (χ0v) is 27.7. The summed E-state index contributed by atoms with van der Waals surface area (Å²) >= 11 is 0. The summed E-state index contributed by atoms with van der Waals surface area (Å²) in [7, 11) is -4.25. The van der Waals surface area contributed by atoms with E-state index in [0.29, 0.717) is 17.2 Å². The number of phosphoric acid groups is 1. The number of hydrogen-bond acceptors (Lipinski definition) is 4. The molecule has 3 aromatic carbocycles. The Morgan fingerprint density at radius 2 is 0.875 bits per heavy atom. The minimum Gasteiger partial charge on any atom is -0.386 e. The number of rotatable bonds is 6. The fourth-order valence-corrected chi connectivity index (χ4v) is 5.79. The molecule has 0 aliphatic carbocycles. The third kappa shape index (κ3) is 7.72. The second-order valence-electron chi connectivity index (χ2n) is 14.9. The van der Waals surface area contributed by atoms with Gasteiger partial charge in [-0.3, -0.25) is 0 Å². The van der Waals surface area contributed by atoms with Crippen LogP contribution in [0.4, 0.5) is 0 Å². The molecule has 40 heavy (non-hydrogen) atoms. The first-order chi connectivity index (χ1) is 18.1. The highest BCUT2D eigenvalue weighted by Gasteiger charge is 2.38. The molecule has 0 radical (unpaired) electrons. The molecule has 4 nitrogen and oxygen atoms in total. The highest BCUT2D eigenvalue weighted by Crippen LogP contribution is 2.54. The van der Waals surface area contributed by atoms with E-state index in [2.05, 4.69) is 107 Å². The molecular formula is C35H49O4P. The van der Waals surface area contributed by atoms with E-state index in [1.807, 2.05) is 37.3 Å². The van der Waals surface area contributed by atoms with E-state index in [1.54, 1.807) is 6.07 Å². The highest BCUT2D eigenvalue weighted by atomic mass is 31.2. The Balaban J connectivity index is 2.25. The molecule has 0 aliphatic rings. The Morgan fingerprint density at radius 3 is 1.23 bits per heavy atom. The fraction of sp³-hybridized carbons (Fsp3) is 0.486. The average Bonchev–Trinajstić information content (AvgIpc) is 2.77. The van der Waals surface area contributed by atoms with Crippen LogP contribution < -0.4 is 13.6 Å². The average molecular weight is 565 g/mol. The van der Waals surface area contributed by atoms with Crippen LogP contribution in [0.25, 0.3) is 0 Å². The van der Waals surface area contributed by atoms with Gasteiger partial charge in [-0.2, -0.15) is 4.57 Å². The third-order valence-electron chi connectivity index (χ3n) is 7.04. The minimum atomic E-state index is -4.25. The van der Waals surface area contributed by atoms with Crippen LogP contribution in [0.15, 0.2) is 60.7 Å². The molecule has 0 saturated carbocycles. The molecule has 0 amide bonds. The van der Waals surface area contributed by atoms with Crippen molar-refractivity contribution in [3.63, 3.8) is 0 Å². The molecule has 0 N–H and O–H groups in total. The van der Waals surface area contributed by atoms with Gasteiger partial charge in [0.05, 0.1) is 0 Å². The van der Waals surface area contributed by atoms with Crippen molar-refractivity contribution in [2.24, 2.45) is 0 Å². The van der Waals surface area contributed by atoms with Gasteiger partial charge in [0.15, 0.2) is 0 Å². The number of para-hydroxylation sites is 1. The normalized spacial score (nSPS) is 13.2. The SMILES string of the molecule is Cc1ccccc1OP(=O)(Oc1cc(C(C)(C)C)ccc1C(C)(C)C)Oc1cc(C(C)(C)C)ccc1C(C)(C)C. The second kappa shape index (κ2) is 10.9. The van der Waals surface area contributed by atoms with Gasteiger partial charge in [0.2, 0.25) is 0 Å². The monoisotopic (exact) mass is 564 g/mol. The molecule has 0 spiro atoms. The summed E-state index contributed by atoms with van der Waals surface area (Å²) in [6, 6.07) is 19.8. The maximum atomic E-state index is 14.9. The first kappa shape index (κ1) is 31.8. The largest absolute Gasteiger partial charge is 0.647 e. The topological polar surface area (TPSA) is 44.8 Å². The van der Waals surface area contributed by atoms with Gasteiger partial charge in [0.1, 0.15) is 17.2 Å². The maximum absolute atomic E-state index is 14.9. The molecule has 218 valence electrons. The first-order valence-corrected chi connectivity index (χ1v) is 15.6. The van der Waals surface area contributed by atoms with Gasteiger partial charge in [-0.05, 0) is 63.5 Å². The van der Waals surface area contributed by atoms with E-state index in [0.717, 1.165) is 27.8 Å². The zero-order valence-electron chi connectivity index (χ0n) is 26.9. The van der Waals surface area contributed by atoms with Crippen molar-refractivity contribution >= 4 is 7.82 Å². The lowest BCUT2D eigenvalue weighted by atomic mass is 9.81. The molecule has 3 rings (SSSR count). The van der Waals surface area contributed by atoms with E-state index in [-0.39, 0.29) is 21.7 Å². The van der Waals surface area contributed by atoms with E-state index in [4.69, 9.17) is 13.6 Å². The lowest BCUT2D eigenvalue weighted by Crippen LogP contribution is -2.19. The Kier molecular flexibility index (Phi) is 8.70. The quantitative estimate of drug-likeness (QED) is 0.279. The minimum absolute atomic E-state index is 0.128. The van der Waals surface area contributed by atoms with Crippen LogP contribution in [0.2, 0.25) is 0 Å². The van der Waals surface area contributed by atoms with Crippen LogP contribution in [-0.2, 0) is 26.2 Å². The van der Waals surface area contributed by atoms with Crippen LogP contribution in [0.5, 0.6) is 17.2 Å². The molecule has 0 saturated heterocycles. The summed E-state index contributed by atoms with van der Waals surface area (Å²) in [5, 5.41) is 0. The molecule has 0 aliphatic heterocycles. The summed E-state index contributed by atoms with van der Waals surface area (Å²) < 4.78 is 34.1. The van der Waals surface area contributed by atoms with Crippen molar-refractivity contribution < 1.29 is 18.1 Å². The first-order valence-electron chi connectivity index (χ1n) is 14.1. The number of benzene rings is 3. The highest BCUT2D eigenvalue weighted by molar-refractivity contribution is 7.49. The van der Waals surface area contributed by atoms with Crippen molar-refractivity contribution in [1.82, 2.24) is 0 Å². The molecule has 0 fully saturated rings. The fourth-order valence-electron chi connectivity index (χ4n) is 4.44. The van der Waals surface area contributed by atoms with Crippen molar-refractivity contribution in [3.05, 3.63) is 88.5 Å². The molecule has 5 heteroatoms. The molecule has 0 atom stereocenters. The van der Waals surface area contributed by atoms with E-state index in [9.17, 15) is 4.57 Å². The van der Waals surface area contributed by atoms with Gasteiger partial charge in [0, 0.05) is 11.1 Å². The molecular weight excluding hydrogens is 515 g/mol. The molecule has 0 bridgehead atoms. The van der Waals surface area contributed by atoms with E-state index >= 15 is 0 Å². The summed E-state index contributed by atoms with van der Waals surface area (Å²) in [6.45, 7) is 27.5. The Morgan fingerprint density at radius 1 is 0.500 bits per heavy atom. The van der Waals surface area contributed by atoms with Crippen LogP contribution >= 0.6 is 7.82 Å². The summed E-state index contributed by atoms with van der Waals surface area (Å²) in [6.07, 6.45) is 0. The van der Waals surface area contributed by atoms with Crippen LogP contribution in [-0.4, -0.2) is 0 Å². The maximum Gasteiger partial charge on any atom is 0.647 e. The molecule has 3 aromatic rings. The second-order valence-corrected chi connectivity index (χ2v) is 16.4. The van der Waals surface area contributed by atoms with Gasteiger partial charge in [-0.15, -0.1) is 0 Å². The standard InChI is InChI=1S/C35H49O4P/c1-24-16-14-15-17-29(24)37-40(36,38-30-22-25(32(2,3)4)18-20-27(30)34(8,9)10)39-31-23-26(33(5,6)7)19-21-28(31)35(11,12)13/h14-23H,1-13H3. The van der Waals surface area contributed by atoms with Crippen molar-refractivity contribution in [3.8, 4) is 17.2 Å². The van der Waals surface area contributed by atoms with Crippen molar-refractivity contribution in [2.75, 3.05) is 0 Å². The van der Waals surface area contributed by atoms with Crippen molar-refractivity contribution in [2.45, 2.75) is 112 Å². The smallest absolute Gasteiger partial charge is 0.386 e. The third-order valence-corrected chi connectivity index (χ3v) is 8.30. The van der Waals surface area contributed by atoms with Crippen LogP contribution in [0.3, 0.4) is 0 Å². The predicted octanol–water partition coefficient (Wildman–Crippen LogP) is 10.8. The number of hydrogen-bond donors (Lipinski definition) is 0. The Bertz CT molecular complexity index is 1310. The number of aryl methyl sites for hydroxylation is 1. The van der Waals surface area contributed by atoms with Gasteiger partial charge in [0.25, 0.3) is 0 Å². The van der Waals surface area contributed by atoms with Crippen LogP contribution in [0, 0.1) is 6.92 Å². The summed E-state index contributed by atoms with van der Waals surface area (Å²) in [4.78, 5) is 0. The van der Waals surface area contributed by atoms with E-state index < -0.39 is 7.82 Å². The zero-order chi connectivity index (χ0) is 30.3. The molecule has 0 unspecified atom stereocenters. The number of phosphoric ester groups is 1. The Hall–Kier alpha value is -2.71. The van der Waals surface area contributed by atoms with Crippen LogP contribution in [0.1, 0.15) is 111 Å². The van der Waals surface area contributed by atoms with E-state index in [1.165, 1.54) is 0 Å². The van der Waals surface area contributed by atoms with Gasteiger partial charge in [-0.25, -0.2) is 0 Å². The predicted molar refractivity (Wildman–Crippen MR) is 168 cm³/mol. The lowest BCUT2D eigenvalue weighted by molar-refractivity contribution is 0.292. The van der Waals surface area contributed by atoms with Gasteiger partial charge in [-0.1, -0.05) is 126 Å². The molecule has 0 heterocycles. The summed E-state index contributed by atoms with van der Waals surface area (Å²) in [5.41, 5.74) is 4.06. The molecule has 0 aromatic heterocycles. The summed E-state index contributed by atoms with van der Waals surface area (Å²) in [5.74, 6) is 1.46. The lowest BCUT2D eigenvalue weighted by Gasteiger charge is -2.30. The van der Waals surface area contributed by atoms with Gasteiger partial charge < -0.3 is 13.6 Å². The Labute approximate surface area is 243 Å². The van der Waals surface area contributed by atoms with Gasteiger partial charge >= 0.3 is 7.82 Å².